The zero-order chi connectivity index (χ0) is 19.5. The number of H-pyrrole nitrogens is 1. The highest BCUT2D eigenvalue weighted by atomic mass is 16.5. The lowest BCUT2D eigenvalue weighted by atomic mass is 10.1. The molecule has 7 heteroatoms. The molecule has 2 heterocycles. The number of para-hydroxylation sites is 1. The summed E-state index contributed by atoms with van der Waals surface area (Å²) in [6.07, 6.45) is 3.80. The summed E-state index contributed by atoms with van der Waals surface area (Å²) >= 11 is 0. The number of amides is 2. The average Bonchev–Trinajstić information content (AvgIpc) is 3.10. The summed E-state index contributed by atoms with van der Waals surface area (Å²) < 4.78 is 5.56. The number of carboxylic acids is 1. The highest BCUT2D eigenvalue weighted by Crippen LogP contribution is 2.27. The van der Waals surface area contributed by atoms with Crippen molar-refractivity contribution in [2.24, 2.45) is 0 Å². The van der Waals surface area contributed by atoms with Gasteiger partial charge in [0, 0.05) is 29.2 Å². The first kappa shape index (κ1) is 17.9. The van der Waals surface area contributed by atoms with E-state index in [1.165, 1.54) is 0 Å². The van der Waals surface area contributed by atoms with Crippen LogP contribution in [-0.2, 0) is 17.6 Å². The molecule has 4 N–H and O–H groups in total. The minimum atomic E-state index is -1.08. The molecule has 1 atom stereocenters. The van der Waals surface area contributed by atoms with E-state index in [4.69, 9.17) is 4.74 Å². The molecule has 0 fully saturated rings. The number of hydrogen-bond acceptors (Lipinski definition) is 3. The van der Waals surface area contributed by atoms with E-state index in [1.54, 1.807) is 12.3 Å². The smallest absolute Gasteiger partial charge is 0.326 e. The van der Waals surface area contributed by atoms with Gasteiger partial charge in [-0.3, -0.25) is 0 Å². The third kappa shape index (κ3) is 3.78. The van der Waals surface area contributed by atoms with Crippen molar-refractivity contribution in [3.63, 3.8) is 0 Å². The first-order valence-electron chi connectivity index (χ1n) is 9.21. The van der Waals surface area contributed by atoms with Gasteiger partial charge in [-0.05, 0) is 48.2 Å². The number of ether oxygens (including phenoxy) is 1. The van der Waals surface area contributed by atoms with E-state index in [2.05, 4.69) is 15.6 Å². The lowest BCUT2D eigenvalue weighted by Crippen LogP contribution is -2.44. The lowest BCUT2D eigenvalue weighted by Gasteiger charge is -2.19. The van der Waals surface area contributed by atoms with Crippen LogP contribution < -0.4 is 15.4 Å². The van der Waals surface area contributed by atoms with Gasteiger partial charge < -0.3 is 25.5 Å². The van der Waals surface area contributed by atoms with Crippen molar-refractivity contribution < 1.29 is 19.4 Å². The van der Waals surface area contributed by atoms with Gasteiger partial charge in [0.1, 0.15) is 11.8 Å². The van der Waals surface area contributed by atoms with E-state index in [-0.39, 0.29) is 6.42 Å². The number of aromatic nitrogens is 1. The number of nitrogens with one attached hydrogen (secondary N) is 3. The molecule has 1 aromatic heterocycles. The van der Waals surface area contributed by atoms with E-state index >= 15 is 0 Å². The van der Waals surface area contributed by atoms with Gasteiger partial charge in [0.2, 0.25) is 0 Å². The van der Waals surface area contributed by atoms with Crippen LogP contribution in [0.15, 0.2) is 48.7 Å². The molecule has 0 aliphatic carbocycles. The fraction of sp³-hybridized carbons (Fsp3) is 0.238. The topological polar surface area (TPSA) is 103 Å². The molecule has 3 aromatic rings. The van der Waals surface area contributed by atoms with E-state index < -0.39 is 18.0 Å². The molecule has 4 rings (SSSR count). The molecule has 0 spiro atoms. The van der Waals surface area contributed by atoms with Crippen LogP contribution in [0, 0.1) is 0 Å². The van der Waals surface area contributed by atoms with Crippen LogP contribution in [0.1, 0.15) is 17.5 Å². The normalized spacial score (nSPS) is 14.0. The van der Waals surface area contributed by atoms with Crippen LogP contribution in [0.3, 0.4) is 0 Å². The Hall–Kier alpha value is -3.48. The van der Waals surface area contributed by atoms with Crippen LogP contribution in [0.2, 0.25) is 0 Å². The Kier molecular flexibility index (Phi) is 4.89. The van der Waals surface area contributed by atoms with Gasteiger partial charge in [-0.1, -0.05) is 18.2 Å². The number of carboxylic acid groups (broad SMARTS) is 1. The number of fused-ring (bicyclic) bond motifs is 2. The van der Waals surface area contributed by atoms with Gasteiger partial charge in [-0.15, -0.1) is 0 Å². The second kappa shape index (κ2) is 7.64. The van der Waals surface area contributed by atoms with Crippen molar-refractivity contribution >= 4 is 28.6 Å². The van der Waals surface area contributed by atoms with Crippen LogP contribution in [0.4, 0.5) is 10.5 Å². The molecule has 0 unspecified atom stereocenters. The van der Waals surface area contributed by atoms with Gasteiger partial charge in [0.25, 0.3) is 0 Å². The van der Waals surface area contributed by atoms with Crippen molar-refractivity contribution in [1.82, 2.24) is 10.3 Å². The predicted molar refractivity (Wildman–Crippen MR) is 106 cm³/mol. The standard InChI is InChI=1S/C21H21N3O4/c25-20(26)18(11-14-12-22-17-6-2-1-5-16(14)17)24-21(27)23-15-7-8-19-13(10-15)4-3-9-28-19/h1-2,5-8,10,12,18,22H,3-4,9,11H2,(H,25,26)(H2,23,24,27)/t18-/m1/s1. The monoisotopic (exact) mass is 379 g/mol. The van der Waals surface area contributed by atoms with Crippen molar-refractivity contribution in [3.05, 3.63) is 59.8 Å². The highest BCUT2D eigenvalue weighted by Gasteiger charge is 2.22. The first-order valence-corrected chi connectivity index (χ1v) is 9.21. The summed E-state index contributed by atoms with van der Waals surface area (Å²) in [5.41, 5.74) is 3.42. The van der Waals surface area contributed by atoms with Crippen LogP contribution in [0.5, 0.6) is 5.75 Å². The first-order chi connectivity index (χ1) is 13.6. The molecule has 0 bridgehead atoms. The summed E-state index contributed by atoms with van der Waals surface area (Å²) in [7, 11) is 0. The average molecular weight is 379 g/mol. The predicted octanol–water partition coefficient (Wildman–Crippen LogP) is 3.31. The number of benzene rings is 2. The quantitative estimate of drug-likeness (QED) is 0.546. The molecule has 28 heavy (non-hydrogen) atoms. The fourth-order valence-electron chi connectivity index (χ4n) is 3.48. The molecular formula is C21H21N3O4. The van der Waals surface area contributed by atoms with Crippen LogP contribution in [0.25, 0.3) is 10.9 Å². The maximum atomic E-state index is 12.4. The van der Waals surface area contributed by atoms with Crippen molar-refractivity contribution in [2.75, 3.05) is 11.9 Å². The number of aryl methyl sites for hydroxylation is 1. The van der Waals surface area contributed by atoms with Crippen LogP contribution >= 0.6 is 0 Å². The third-order valence-corrected chi connectivity index (χ3v) is 4.87. The summed E-state index contributed by atoms with van der Waals surface area (Å²) in [6, 6.07) is 11.5. The zero-order valence-corrected chi connectivity index (χ0v) is 15.2. The van der Waals surface area contributed by atoms with Gasteiger partial charge in [-0.25, -0.2) is 9.59 Å². The molecule has 1 aliphatic heterocycles. The van der Waals surface area contributed by atoms with E-state index in [0.29, 0.717) is 12.3 Å². The summed E-state index contributed by atoms with van der Waals surface area (Å²) in [5.74, 6) is -0.251. The molecule has 0 saturated heterocycles. The van der Waals surface area contributed by atoms with Crippen molar-refractivity contribution in [1.29, 1.82) is 0 Å². The van der Waals surface area contributed by atoms with Crippen LogP contribution in [-0.4, -0.2) is 34.7 Å². The number of hydrogen-bond donors (Lipinski definition) is 4. The fourth-order valence-corrected chi connectivity index (χ4v) is 3.48. The van der Waals surface area contributed by atoms with E-state index in [9.17, 15) is 14.7 Å². The minimum Gasteiger partial charge on any atom is -0.493 e. The number of carbonyl (C=O) groups is 2. The number of urea groups is 1. The van der Waals surface area contributed by atoms with Gasteiger partial charge >= 0.3 is 12.0 Å². The number of rotatable bonds is 5. The molecule has 1 aliphatic rings. The van der Waals surface area contributed by atoms with Gasteiger partial charge in [0.15, 0.2) is 0 Å². The SMILES string of the molecule is O=C(Nc1ccc2c(c1)CCCO2)N[C@H](Cc1c[nH]c2ccccc12)C(=O)O. The minimum absolute atomic E-state index is 0.185. The number of carbonyl (C=O) groups excluding carboxylic acids is 1. The second-order valence-electron chi connectivity index (χ2n) is 6.83. The van der Waals surface area contributed by atoms with Crippen molar-refractivity contribution in [2.45, 2.75) is 25.3 Å². The largest absolute Gasteiger partial charge is 0.493 e. The Labute approximate surface area is 161 Å². The Bertz CT molecular complexity index is 1030. The second-order valence-corrected chi connectivity index (χ2v) is 6.83. The molecule has 7 nitrogen and oxygen atoms in total. The van der Waals surface area contributed by atoms with Crippen molar-refractivity contribution in [3.8, 4) is 5.75 Å². The zero-order valence-electron chi connectivity index (χ0n) is 15.2. The maximum absolute atomic E-state index is 12.4. The Balaban J connectivity index is 1.44. The number of aliphatic carboxylic acids is 1. The van der Waals surface area contributed by atoms with Gasteiger partial charge in [-0.2, -0.15) is 0 Å². The molecule has 144 valence electrons. The maximum Gasteiger partial charge on any atom is 0.326 e. The third-order valence-electron chi connectivity index (χ3n) is 4.87. The molecule has 2 aromatic carbocycles. The Morgan fingerprint density at radius 3 is 2.93 bits per heavy atom. The Morgan fingerprint density at radius 2 is 2.07 bits per heavy atom. The molecule has 0 saturated carbocycles. The van der Waals surface area contributed by atoms with E-state index in [0.717, 1.165) is 40.6 Å². The Morgan fingerprint density at radius 1 is 1.21 bits per heavy atom. The molecule has 0 radical (unpaired) electrons. The molecular weight excluding hydrogens is 358 g/mol. The summed E-state index contributed by atoms with van der Waals surface area (Å²) in [4.78, 5) is 27.2. The lowest BCUT2D eigenvalue weighted by molar-refractivity contribution is -0.139. The summed E-state index contributed by atoms with van der Waals surface area (Å²) in [6.45, 7) is 0.703. The van der Waals surface area contributed by atoms with Gasteiger partial charge in [0.05, 0.1) is 6.61 Å². The molecule has 2 amide bonds. The number of anilines is 1. The summed E-state index contributed by atoms with van der Waals surface area (Å²) in [5, 5.41) is 15.8. The highest BCUT2D eigenvalue weighted by molar-refractivity contribution is 5.93. The number of aromatic amines is 1. The van der Waals surface area contributed by atoms with E-state index in [1.807, 2.05) is 36.4 Å².